The smallest absolute Gasteiger partial charge is 0.149 e. The van der Waals surface area contributed by atoms with Crippen molar-refractivity contribution < 1.29 is 0 Å². The molecule has 1 saturated heterocycles. The molecular weight excluding hydrogens is 666 g/mol. The van der Waals surface area contributed by atoms with Gasteiger partial charge in [-0.1, -0.05) is 161 Å². The quantitative estimate of drug-likeness (QED) is 0.175. The van der Waals surface area contributed by atoms with Gasteiger partial charge in [-0.2, -0.15) is 0 Å². The van der Waals surface area contributed by atoms with E-state index in [0.29, 0.717) is 0 Å². The van der Waals surface area contributed by atoms with Crippen molar-refractivity contribution in [1.82, 2.24) is 0 Å². The zero-order chi connectivity index (χ0) is 36.0. The fourth-order valence-electron chi connectivity index (χ4n) is 11.9. The molecule has 51 heavy (non-hydrogen) atoms. The third-order valence-corrected chi connectivity index (χ3v) is 27.5. The van der Waals surface area contributed by atoms with Crippen LogP contribution >= 0.6 is 23.0 Å². The van der Waals surface area contributed by atoms with Crippen LogP contribution in [0.15, 0.2) is 36.4 Å². The molecule has 7 rings (SSSR count). The van der Waals surface area contributed by atoms with Gasteiger partial charge in [-0.25, -0.2) is 0 Å². The maximum absolute atomic E-state index is 2.60. The molecule has 0 N–H and O–H groups in total. The van der Waals surface area contributed by atoms with E-state index >= 15 is 0 Å². The van der Waals surface area contributed by atoms with Gasteiger partial charge in [0.1, 0.15) is 0 Å². The first-order valence-electron chi connectivity index (χ1n) is 21.1. The first-order chi connectivity index (χ1) is 24.5. The summed E-state index contributed by atoms with van der Waals surface area (Å²) in [5, 5.41) is 0. The normalized spacial score (nSPS) is 24.4. The van der Waals surface area contributed by atoms with Crippen LogP contribution in [0.2, 0.25) is 0 Å². The van der Waals surface area contributed by atoms with E-state index in [0.717, 1.165) is 35.4 Å². The first kappa shape index (κ1) is 38.4. The Labute approximate surface area is 318 Å². The van der Waals surface area contributed by atoms with Crippen LogP contribution in [0.25, 0.3) is 0 Å². The van der Waals surface area contributed by atoms with E-state index in [1.54, 1.807) is 33.4 Å². The highest BCUT2D eigenvalue weighted by atomic mass is 31.2. The highest BCUT2D eigenvalue weighted by molar-refractivity contribution is 8.63. The summed E-state index contributed by atoms with van der Waals surface area (Å²) < 4.78 is 0. The van der Waals surface area contributed by atoms with Crippen LogP contribution < -0.4 is 16.4 Å². The Hall–Kier alpha value is -0.855. The molecule has 4 aliphatic rings. The lowest BCUT2D eigenvalue weighted by Gasteiger charge is -2.58. The minimum Gasteiger partial charge on any atom is -0.149 e. The van der Waals surface area contributed by atoms with Crippen molar-refractivity contribution in [3.63, 3.8) is 0 Å². The zero-order valence-electron chi connectivity index (χ0n) is 33.9. The van der Waals surface area contributed by atoms with E-state index < -0.39 is 0 Å². The van der Waals surface area contributed by atoms with Crippen LogP contribution in [0.4, 0.5) is 0 Å². The van der Waals surface area contributed by atoms with E-state index in [9.17, 15) is 0 Å². The van der Waals surface area contributed by atoms with Crippen molar-refractivity contribution in [2.45, 2.75) is 176 Å². The lowest BCUT2D eigenvalue weighted by Crippen LogP contribution is -2.57. The largest absolute Gasteiger partial charge is 0.218 e. The van der Waals surface area contributed by atoms with Crippen molar-refractivity contribution in [2.75, 3.05) is 0 Å². The van der Waals surface area contributed by atoms with Crippen LogP contribution in [0, 0.1) is 62.3 Å². The summed E-state index contributed by atoms with van der Waals surface area (Å²) in [4.78, 5) is 0. The molecule has 6 heteroatoms. The van der Waals surface area contributed by atoms with Gasteiger partial charge in [0.05, 0.1) is 0 Å². The van der Waals surface area contributed by atoms with Crippen molar-refractivity contribution >= 4 is 57.9 Å². The molecule has 0 aromatic heterocycles. The molecule has 0 amide bonds. The molecule has 270 valence electrons. The van der Waals surface area contributed by atoms with E-state index in [4.69, 9.17) is 0 Å². The SMILES string of the molecule is Cc1cc(C)c(B2P(C3CCCCC3)B(c3c(C)cc(C)cc3C)P(C3CCCCC3)B(c3c(C)cc(C)cc3C)P2C2CCCCC2)c(C)c1. The fraction of sp³-hybridized carbons (Fsp3) is 0.600. The summed E-state index contributed by atoms with van der Waals surface area (Å²) in [6, 6.07) is 15.6. The summed E-state index contributed by atoms with van der Waals surface area (Å²) >= 11 is 0. The lowest BCUT2D eigenvalue weighted by atomic mass is 9.79. The molecule has 0 nitrogen and oxygen atoms in total. The standard InChI is InChI=1S/C45H66B3P3/c1-31-25-34(4)43(35(5)26-31)46-49(40-19-13-10-14-20-40)47(44-36(6)27-32(2)28-37(44)7)51(42-23-17-12-18-24-42)48(50(46)41-21-15-11-16-22-41)45-38(8)29-33(3)30-39(45)9/h25-30,40-42H,10-24H2,1-9H3. The minimum absolute atomic E-state index is 0.267. The van der Waals surface area contributed by atoms with Gasteiger partial charge in [0.2, 0.25) is 18.5 Å². The highest BCUT2D eigenvalue weighted by Gasteiger charge is 2.61. The maximum Gasteiger partial charge on any atom is 0.218 e. The number of benzene rings is 3. The molecule has 3 aromatic carbocycles. The molecule has 3 aliphatic carbocycles. The lowest BCUT2D eigenvalue weighted by molar-refractivity contribution is 0.512. The molecule has 0 bridgehead atoms. The van der Waals surface area contributed by atoms with Gasteiger partial charge in [-0.15, -0.1) is 23.0 Å². The van der Waals surface area contributed by atoms with Gasteiger partial charge in [0.25, 0.3) is 0 Å². The Morgan fingerprint density at radius 1 is 0.333 bits per heavy atom. The second kappa shape index (κ2) is 16.5. The summed E-state index contributed by atoms with van der Waals surface area (Å²) in [5.74, 6) is 0. The van der Waals surface area contributed by atoms with Crippen molar-refractivity contribution in [1.29, 1.82) is 0 Å². The van der Waals surface area contributed by atoms with Crippen molar-refractivity contribution in [2.24, 2.45) is 0 Å². The molecule has 1 heterocycles. The second-order valence-electron chi connectivity index (χ2n) is 17.8. The Balaban J connectivity index is 1.61. The third kappa shape index (κ3) is 7.69. The molecule has 3 saturated carbocycles. The predicted molar refractivity (Wildman–Crippen MR) is 240 cm³/mol. The highest BCUT2D eigenvalue weighted by Crippen LogP contribution is 2.80. The predicted octanol–water partition coefficient (Wildman–Crippen LogP) is 12.4. The number of aryl methyl sites for hydroxylation is 9. The molecule has 4 fully saturated rings. The van der Waals surface area contributed by atoms with Gasteiger partial charge >= 0.3 is 0 Å². The summed E-state index contributed by atoms with van der Waals surface area (Å²) in [6.07, 6.45) is 24.3. The van der Waals surface area contributed by atoms with Crippen LogP contribution in [-0.4, -0.2) is 35.4 Å². The Kier molecular flexibility index (Phi) is 12.4. The second-order valence-corrected chi connectivity index (χ2v) is 27.0. The van der Waals surface area contributed by atoms with Gasteiger partial charge < -0.3 is 0 Å². The Bertz CT molecular complexity index is 1420. The average Bonchev–Trinajstić information content (AvgIpc) is 3.08. The molecule has 0 atom stereocenters. The number of hydrogen-bond donors (Lipinski definition) is 0. The fourth-order valence-corrected chi connectivity index (χ4v) is 32.6. The molecule has 3 aromatic rings. The van der Waals surface area contributed by atoms with Crippen LogP contribution in [0.3, 0.4) is 0 Å². The topological polar surface area (TPSA) is 0 Å². The van der Waals surface area contributed by atoms with Gasteiger partial charge in [0, 0.05) is 0 Å². The Morgan fingerprint density at radius 3 is 0.725 bits per heavy atom. The monoisotopic (exact) mass is 732 g/mol. The zero-order valence-corrected chi connectivity index (χ0v) is 36.6. The van der Waals surface area contributed by atoms with Crippen molar-refractivity contribution in [3.05, 3.63) is 86.5 Å². The van der Waals surface area contributed by atoms with E-state index in [1.165, 1.54) is 113 Å². The maximum atomic E-state index is 2.60. The van der Waals surface area contributed by atoms with Crippen LogP contribution in [0.5, 0.6) is 0 Å². The van der Waals surface area contributed by atoms with Gasteiger partial charge in [-0.05, 0) is 118 Å². The number of hydrogen-bond acceptors (Lipinski definition) is 0. The Morgan fingerprint density at radius 2 is 0.529 bits per heavy atom. The van der Waals surface area contributed by atoms with Gasteiger partial charge in [-0.3, -0.25) is 0 Å². The summed E-state index contributed by atoms with van der Waals surface area (Å²) in [7, 11) is -0.800. The van der Waals surface area contributed by atoms with Crippen LogP contribution in [0.1, 0.15) is 146 Å². The molecular formula is C45H66B3P3. The molecule has 0 spiro atoms. The van der Waals surface area contributed by atoms with E-state index in [2.05, 4.69) is 98.7 Å². The van der Waals surface area contributed by atoms with Gasteiger partial charge in [0.15, 0.2) is 0 Å². The van der Waals surface area contributed by atoms with E-state index in [1.807, 2.05) is 16.4 Å². The molecule has 1 aliphatic heterocycles. The number of rotatable bonds is 6. The minimum atomic E-state index is -0.267. The summed E-state index contributed by atoms with van der Waals surface area (Å²) in [5.41, 5.74) is 22.4. The van der Waals surface area contributed by atoms with Crippen molar-refractivity contribution in [3.8, 4) is 0 Å². The first-order valence-corrected chi connectivity index (χ1v) is 25.8. The molecule has 0 radical (unpaired) electrons. The third-order valence-electron chi connectivity index (χ3n) is 13.7. The summed E-state index contributed by atoms with van der Waals surface area (Å²) in [6.45, 7) is 22.3. The molecule has 0 unspecified atom stereocenters. The van der Waals surface area contributed by atoms with Crippen LogP contribution in [-0.2, 0) is 0 Å². The van der Waals surface area contributed by atoms with E-state index in [-0.39, 0.29) is 23.0 Å². The average molecular weight is 732 g/mol.